The molecule has 3 N–H and O–H groups in total. The number of nitrogens with zero attached hydrogens (tertiary/aromatic N) is 1. The van der Waals surface area contributed by atoms with E-state index in [1.807, 2.05) is 0 Å². The van der Waals surface area contributed by atoms with Crippen molar-refractivity contribution in [3.05, 3.63) is 33.4 Å². The second kappa shape index (κ2) is 6.77. The number of benzene rings is 1. The molecule has 2 rings (SSSR count). The minimum atomic E-state index is -4.23. The monoisotopic (exact) mass is 423 g/mol. The molecule has 1 aromatic carbocycles. The first-order chi connectivity index (χ1) is 10.8. The predicted molar refractivity (Wildman–Crippen MR) is 86.2 cm³/mol. The topological polar surface area (TPSA) is 121 Å². The van der Waals surface area contributed by atoms with Crippen LogP contribution in [0.3, 0.4) is 0 Å². The standard InChI is InChI=1S/C12H11BrClN3O5S/c1-2-22-12(19)7-5-15-16-11(7)23(20,21)17-9-4-6(14)3-8(13)10(9)18/h3-5,17-18H,2H2,1H3,(H,15,16). The molecule has 23 heavy (non-hydrogen) atoms. The molecule has 0 fully saturated rings. The van der Waals surface area contributed by atoms with Gasteiger partial charge in [0.2, 0.25) is 0 Å². The summed E-state index contributed by atoms with van der Waals surface area (Å²) in [7, 11) is -4.23. The number of hydrogen-bond donors (Lipinski definition) is 3. The fourth-order valence-corrected chi connectivity index (χ4v) is 3.63. The third-order valence-electron chi connectivity index (χ3n) is 2.64. The third-order valence-corrected chi connectivity index (χ3v) is 4.80. The summed E-state index contributed by atoms with van der Waals surface area (Å²) in [6.07, 6.45) is 1.04. The number of carbonyl (C=O) groups is 1. The van der Waals surface area contributed by atoms with E-state index in [0.29, 0.717) is 0 Å². The van der Waals surface area contributed by atoms with Gasteiger partial charge >= 0.3 is 5.97 Å². The van der Waals surface area contributed by atoms with Crippen LogP contribution in [0.25, 0.3) is 0 Å². The maximum Gasteiger partial charge on any atom is 0.342 e. The number of anilines is 1. The lowest BCUT2D eigenvalue weighted by molar-refractivity contribution is 0.0522. The van der Waals surface area contributed by atoms with Gasteiger partial charge in [-0.15, -0.1) is 0 Å². The van der Waals surface area contributed by atoms with Gasteiger partial charge in [-0.05, 0) is 35.0 Å². The van der Waals surface area contributed by atoms with Crippen LogP contribution in [0.4, 0.5) is 5.69 Å². The van der Waals surface area contributed by atoms with Crippen LogP contribution in [0, 0.1) is 0 Å². The van der Waals surface area contributed by atoms with Crippen LogP contribution in [0.1, 0.15) is 17.3 Å². The Morgan fingerprint density at radius 2 is 2.22 bits per heavy atom. The summed E-state index contributed by atoms with van der Waals surface area (Å²) in [4.78, 5) is 11.7. The van der Waals surface area contributed by atoms with Gasteiger partial charge in [-0.25, -0.2) is 4.79 Å². The summed E-state index contributed by atoms with van der Waals surface area (Å²) >= 11 is 8.88. The number of aromatic hydroxyl groups is 1. The van der Waals surface area contributed by atoms with Gasteiger partial charge in [0, 0.05) is 5.02 Å². The van der Waals surface area contributed by atoms with E-state index in [0.717, 1.165) is 6.20 Å². The number of ether oxygens (including phenoxy) is 1. The second-order valence-electron chi connectivity index (χ2n) is 4.22. The van der Waals surface area contributed by atoms with Crippen LogP contribution in [0.2, 0.25) is 5.02 Å². The number of halogens is 2. The molecule has 11 heteroatoms. The lowest BCUT2D eigenvalue weighted by atomic mass is 10.3. The molecule has 0 radical (unpaired) electrons. The Kier molecular flexibility index (Phi) is 5.17. The first-order valence-electron chi connectivity index (χ1n) is 6.17. The minimum absolute atomic E-state index is 0.0823. The molecule has 0 unspecified atom stereocenters. The largest absolute Gasteiger partial charge is 0.505 e. The lowest BCUT2D eigenvalue weighted by Gasteiger charge is -2.11. The van der Waals surface area contributed by atoms with Crippen LogP contribution in [0.15, 0.2) is 27.8 Å². The van der Waals surface area contributed by atoms with Crippen molar-refractivity contribution in [3.63, 3.8) is 0 Å². The highest BCUT2D eigenvalue weighted by molar-refractivity contribution is 9.10. The second-order valence-corrected chi connectivity index (χ2v) is 7.13. The molecule has 0 spiro atoms. The summed E-state index contributed by atoms with van der Waals surface area (Å²) in [5.74, 6) is -1.19. The van der Waals surface area contributed by atoms with E-state index in [1.54, 1.807) is 6.92 Å². The molecule has 0 saturated carbocycles. The maximum atomic E-state index is 12.4. The maximum absolute atomic E-state index is 12.4. The Hall–Kier alpha value is -1.78. The van der Waals surface area contributed by atoms with E-state index in [4.69, 9.17) is 16.3 Å². The number of carbonyl (C=O) groups excluding carboxylic acids is 1. The van der Waals surface area contributed by atoms with Crippen LogP contribution in [-0.2, 0) is 14.8 Å². The van der Waals surface area contributed by atoms with Crippen molar-refractivity contribution in [2.75, 3.05) is 11.3 Å². The summed E-state index contributed by atoms with van der Waals surface area (Å²) < 4.78 is 31.9. The summed E-state index contributed by atoms with van der Waals surface area (Å²) in [5, 5.41) is 15.4. The molecular formula is C12H11BrClN3O5S. The molecule has 8 nitrogen and oxygen atoms in total. The van der Waals surface area contributed by atoms with Gasteiger partial charge in [0.15, 0.2) is 10.8 Å². The molecule has 124 valence electrons. The summed E-state index contributed by atoms with van der Waals surface area (Å²) in [5.41, 5.74) is -0.409. The highest BCUT2D eigenvalue weighted by Gasteiger charge is 2.27. The van der Waals surface area contributed by atoms with Gasteiger partial charge in [-0.1, -0.05) is 11.6 Å². The lowest BCUT2D eigenvalue weighted by Crippen LogP contribution is -2.17. The molecule has 0 saturated heterocycles. The van der Waals surface area contributed by atoms with Crippen molar-refractivity contribution in [1.82, 2.24) is 10.2 Å². The number of H-pyrrole nitrogens is 1. The normalized spacial score (nSPS) is 11.3. The highest BCUT2D eigenvalue weighted by Crippen LogP contribution is 2.36. The van der Waals surface area contributed by atoms with Gasteiger partial charge < -0.3 is 9.84 Å². The van der Waals surface area contributed by atoms with E-state index in [1.165, 1.54) is 12.1 Å². The van der Waals surface area contributed by atoms with Gasteiger partial charge in [0.25, 0.3) is 10.0 Å². The Labute approximate surface area is 145 Å². The van der Waals surface area contributed by atoms with Crippen molar-refractivity contribution < 1.29 is 23.1 Å². The average molecular weight is 425 g/mol. The van der Waals surface area contributed by atoms with E-state index in [-0.39, 0.29) is 33.1 Å². The molecule has 1 heterocycles. The molecule has 0 amide bonds. The molecule has 1 aromatic heterocycles. The van der Waals surface area contributed by atoms with Crippen molar-refractivity contribution in [2.24, 2.45) is 0 Å². The zero-order valence-corrected chi connectivity index (χ0v) is 14.8. The van der Waals surface area contributed by atoms with E-state index >= 15 is 0 Å². The van der Waals surface area contributed by atoms with Crippen molar-refractivity contribution in [2.45, 2.75) is 11.9 Å². The van der Waals surface area contributed by atoms with E-state index in [2.05, 4.69) is 30.8 Å². The zero-order valence-electron chi connectivity index (χ0n) is 11.6. The number of nitrogens with one attached hydrogen (secondary N) is 2. The highest BCUT2D eigenvalue weighted by atomic mass is 79.9. The molecule has 0 atom stereocenters. The number of sulfonamides is 1. The van der Waals surface area contributed by atoms with Crippen LogP contribution < -0.4 is 4.72 Å². The van der Waals surface area contributed by atoms with E-state index < -0.39 is 21.0 Å². The van der Waals surface area contributed by atoms with Crippen molar-refractivity contribution in [1.29, 1.82) is 0 Å². The van der Waals surface area contributed by atoms with Crippen LogP contribution in [-0.4, -0.2) is 36.3 Å². The molecule has 0 bridgehead atoms. The molecular weight excluding hydrogens is 414 g/mol. The molecule has 0 aliphatic carbocycles. The Morgan fingerprint density at radius 1 is 1.52 bits per heavy atom. The first-order valence-corrected chi connectivity index (χ1v) is 8.83. The van der Waals surface area contributed by atoms with Crippen molar-refractivity contribution >= 4 is 49.2 Å². The number of phenolic OH excluding ortho intramolecular Hbond substituents is 1. The summed E-state index contributed by atoms with van der Waals surface area (Å²) in [6.45, 7) is 1.67. The number of aromatic amines is 1. The number of esters is 1. The van der Waals surface area contributed by atoms with Crippen LogP contribution in [0.5, 0.6) is 5.75 Å². The quantitative estimate of drug-likeness (QED) is 0.501. The summed E-state index contributed by atoms with van der Waals surface area (Å²) in [6, 6.07) is 2.62. The molecule has 0 aliphatic rings. The van der Waals surface area contributed by atoms with Crippen molar-refractivity contribution in [3.8, 4) is 5.75 Å². The molecule has 0 aliphatic heterocycles. The Balaban J connectivity index is 2.42. The number of aromatic nitrogens is 2. The van der Waals surface area contributed by atoms with Crippen LogP contribution >= 0.6 is 27.5 Å². The molecule has 2 aromatic rings. The Morgan fingerprint density at radius 3 is 2.87 bits per heavy atom. The van der Waals surface area contributed by atoms with E-state index in [9.17, 15) is 18.3 Å². The first kappa shape index (κ1) is 17.6. The fraction of sp³-hybridized carbons (Fsp3) is 0.167. The predicted octanol–water partition coefficient (Wildman–Crippen LogP) is 2.51. The number of phenols is 1. The van der Waals surface area contributed by atoms with Gasteiger partial charge in [-0.3, -0.25) is 9.82 Å². The SMILES string of the molecule is CCOC(=O)c1cn[nH]c1S(=O)(=O)Nc1cc(Cl)cc(Br)c1O. The van der Waals surface area contributed by atoms with Gasteiger partial charge in [0.1, 0.15) is 5.56 Å². The smallest absolute Gasteiger partial charge is 0.342 e. The van der Waals surface area contributed by atoms with Gasteiger partial charge in [-0.2, -0.15) is 13.5 Å². The minimum Gasteiger partial charge on any atom is -0.505 e. The number of rotatable bonds is 5. The third kappa shape index (κ3) is 3.77. The number of hydrogen-bond acceptors (Lipinski definition) is 6. The average Bonchev–Trinajstić information content (AvgIpc) is 2.94. The Bertz CT molecular complexity index is 852. The van der Waals surface area contributed by atoms with Gasteiger partial charge in [0.05, 0.1) is 23.0 Å². The fourth-order valence-electron chi connectivity index (χ4n) is 1.67. The zero-order chi connectivity index (χ0) is 17.2.